The molecule has 0 aliphatic carbocycles. The lowest BCUT2D eigenvalue weighted by molar-refractivity contribution is 0.152. The lowest BCUT2D eigenvalue weighted by Gasteiger charge is -2.35. The summed E-state index contributed by atoms with van der Waals surface area (Å²) in [4.78, 5) is 2.31. The predicted octanol–water partition coefficient (Wildman–Crippen LogP) is 3.32. The molecule has 0 saturated carbocycles. The quantitative estimate of drug-likeness (QED) is 0.871. The van der Waals surface area contributed by atoms with E-state index in [-0.39, 0.29) is 6.04 Å². The van der Waals surface area contributed by atoms with Crippen LogP contribution < -0.4 is 10.5 Å². The molecule has 19 heavy (non-hydrogen) atoms. The average molecular weight is 285 g/mol. The molecule has 0 heterocycles. The third-order valence-corrected chi connectivity index (χ3v) is 4.18. The van der Waals surface area contributed by atoms with Gasteiger partial charge in [0, 0.05) is 18.6 Å². The van der Waals surface area contributed by atoms with Crippen LogP contribution in [0, 0.1) is 5.92 Å². The largest absolute Gasteiger partial charge is 0.495 e. The molecule has 108 valence electrons. The van der Waals surface area contributed by atoms with Gasteiger partial charge in [0.05, 0.1) is 12.1 Å². The Morgan fingerprint density at radius 2 is 1.95 bits per heavy atom. The van der Waals surface area contributed by atoms with Gasteiger partial charge in [-0.05, 0) is 37.6 Å². The third kappa shape index (κ3) is 3.85. The van der Waals surface area contributed by atoms with Crippen molar-refractivity contribution in [2.45, 2.75) is 32.9 Å². The molecule has 0 bridgehead atoms. The van der Waals surface area contributed by atoms with Gasteiger partial charge in [-0.25, -0.2) is 0 Å². The Kier molecular flexibility index (Phi) is 6.11. The molecule has 0 aliphatic heterocycles. The molecule has 0 aromatic heterocycles. The van der Waals surface area contributed by atoms with E-state index in [0.29, 0.717) is 29.3 Å². The maximum absolute atomic E-state index is 6.19. The molecule has 2 atom stereocenters. The van der Waals surface area contributed by atoms with Crippen molar-refractivity contribution in [3.05, 3.63) is 28.8 Å². The molecule has 2 N–H and O–H groups in total. The highest BCUT2D eigenvalue weighted by atomic mass is 35.5. The van der Waals surface area contributed by atoms with Gasteiger partial charge in [-0.3, -0.25) is 4.90 Å². The molecule has 0 spiro atoms. The fourth-order valence-electron chi connectivity index (χ4n) is 2.18. The van der Waals surface area contributed by atoms with Crippen molar-refractivity contribution in [3.63, 3.8) is 0 Å². The maximum atomic E-state index is 6.19. The minimum absolute atomic E-state index is 0.167. The SMILES string of the molecule is COc1ccc(C(CN)N(C)C(C)C(C)C)cc1Cl. The fourth-order valence-corrected chi connectivity index (χ4v) is 2.45. The standard InChI is InChI=1S/C15H25ClN2O/c1-10(2)11(3)18(4)14(9-17)12-6-7-15(19-5)13(16)8-12/h6-8,10-11,14H,9,17H2,1-5H3. The topological polar surface area (TPSA) is 38.5 Å². The van der Waals surface area contributed by atoms with Gasteiger partial charge in [0.1, 0.15) is 5.75 Å². The van der Waals surface area contributed by atoms with Crippen LogP contribution in [0.3, 0.4) is 0 Å². The Morgan fingerprint density at radius 3 is 2.37 bits per heavy atom. The van der Waals surface area contributed by atoms with Gasteiger partial charge in [0.15, 0.2) is 0 Å². The molecule has 0 aliphatic rings. The molecule has 0 radical (unpaired) electrons. The number of nitrogens with zero attached hydrogens (tertiary/aromatic N) is 1. The van der Waals surface area contributed by atoms with Gasteiger partial charge in [-0.15, -0.1) is 0 Å². The lowest BCUT2D eigenvalue weighted by Crippen LogP contribution is -2.39. The number of benzene rings is 1. The highest BCUT2D eigenvalue weighted by Gasteiger charge is 2.22. The lowest BCUT2D eigenvalue weighted by atomic mass is 9.99. The van der Waals surface area contributed by atoms with Crippen molar-refractivity contribution in [2.75, 3.05) is 20.7 Å². The van der Waals surface area contributed by atoms with E-state index in [2.05, 4.69) is 32.7 Å². The van der Waals surface area contributed by atoms with Crippen LogP contribution >= 0.6 is 11.6 Å². The van der Waals surface area contributed by atoms with Crippen LogP contribution in [0.25, 0.3) is 0 Å². The van der Waals surface area contributed by atoms with Gasteiger partial charge in [-0.1, -0.05) is 31.5 Å². The zero-order valence-electron chi connectivity index (χ0n) is 12.5. The summed E-state index contributed by atoms with van der Waals surface area (Å²) >= 11 is 6.19. The van der Waals surface area contributed by atoms with Gasteiger partial charge >= 0.3 is 0 Å². The summed E-state index contributed by atoms with van der Waals surface area (Å²) in [5.74, 6) is 1.27. The minimum Gasteiger partial charge on any atom is -0.495 e. The summed E-state index contributed by atoms with van der Waals surface area (Å²) in [6.07, 6.45) is 0. The first-order valence-corrected chi connectivity index (χ1v) is 7.05. The molecule has 2 unspecified atom stereocenters. The number of ether oxygens (including phenoxy) is 1. The zero-order chi connectivity index (χ0) is 14.6. The van der Waals surface area contributed by atoms with E-state index >= 15 is 0 Å². The smallest absolute Gasteiger partial charge is 0.137 e. The van der Waals surface area contributed by atoms with Crippen molar-refractivity contribution in [3.8, 4) is 5.75 Å². The summed E-state index contributed by atoms with van der Waals surface area (Å²) in [6.45, 7) is 7.22. The van der Waals surface area contributed by atoms with Crippen LogP contribution in [0.1, 0.15) is 32.4 Å². The minimum atomic E-state index is 0.167. The summed E-state index contributed by atoms with van der Waals surface area (Å²) in [5.41, 5.74) is 7.08. The second-order valence-corrected chi connectivity index (χ2v) is 5.70. The van der Waals surface area contributed by atoms with Gasteiger partial charge in [0.25, 0.3) is 0 Å². The molecule has 4 heteroatoms. The van der Waals surface area contributed by atoms with Crippen molar-refractivity contribution in [1.82, 2.24) is 4.90 Å². The summed E-state index contributed by atoms with van der Waals surface area (Å²) in [5, 5.41) is 0.629. The van der Waals surface area contributed by atoms with E-state index in [1.807, 2.05) is 18.2 Å². The average Bonchev–Trinajstić information content (AvgIpc) is 2.38. The van der Waals surface area contributed by atoms with Crippen LogP contribution in [0.4, 0.5) is 0 Å². The van der Waals surface area contributed by atoms with Crippen molar-refractivity contribution < 1.29 is 4.74 Å². The molecular formula is C15H25ClN2O. The Hall–Kier alpha value is -0.770. The molecule has 1 aromatic rings. The number of hydrogen-bond donors (Lipinski definition) is 1. The van der Waals surface area contributed by atoms with Gasteiger partial charge < -0.3 is 10.5 Å². The molecule has 1 aromatic carbocycles. The molecular weight excluding hydrogens is 260 g/mol. The second kappa shape index (κ2) is 7.13. The molecule has 0 amide bonds. The van der Waals surface area contributed by atoms with Crippen LogP contribution in [0.2, 0.25) is 5.02 Å². The maximum Gasteiger partial charge on any atom is 0.137 e. The zero-order valence-corrected chi connectivity index (χ0v) is 13.2. The Bertz CT molecular complexity index is 409. The predicted molar refractivity (Wildman–Crippen MR) is 81.9 cm³/mol. The Labute approximate surface area is 121 Å². The van der Waals surface area contributed by atoms with Crippen molar-refractivity contribution in [1.29, 1.82) is 0 Å². The molecule has 1 rings (SSSR count). The van der Waals surface area contributed by atoms with E-state index in [9.17, 15) is 0 Å². The molecule has 0 fully saturated rings. The Balaban J connectivity index is 3.00. The van der Waals surface area contributed by atoms with Crippen LogP contribution in [-0.2, 0) is 0 Å². The van der Waals surface area contributed by atoms with Crippen molar-refractivity contribution in [2.24, 2.45) is 11.7 Å². The number of hydrogen-bond acceptors (Lipinski definition) is 3. The first-order chi connectivity index (χ1) is 8.92. The van der Waals surface area contributed by atoms with Crippen LogP contribution in [-0.4, -0.2) is 31.6 Å². The van der Waals surface area contributed by atoms with E-state index < -0.39 is 0 Å². The fraction of sp³-hybridized carbons (Fsp3) is 0.600. The number of methoxy groups -OCH3 is 1. The number of rotatable bonds is 6. The van der Waals surface area contributed by atoms with E-state index in [0.717, 1.165) is 5.56 Å². The first kappa shape index (κ1) is 16.3. The highest BCUT2D eigenvalue weighted by Crippen LogP contribution is 2.30. The number of nitrogens with two attached hydrogens (primary N) is 1. The highest BCUT2D eigenvalue weighted by molar-refractivity contribution is 6.32. The number of likely N-dealkylation sites (N-methyl/N-ethyl adjacent to an activating group) is 1. The van der Waals surface area contributed by atoms with E-state index in [4.69, 9.17) is 22.1 Å². The van der Waals surface area contributed by atoms with Crippen LogP contribution in [0.5, 0.6) is 5.75 Å². The van der Waals surface area contributed by atoms with E-state index in [1.54, 1.807) is 7.11 Å². The first-order valence-electron chi connectivity index (χ1n) is 6.67. The van der Waals surface area contributed by atoms with Gasteiger partial charge in [-0.2, -0.15) is 0 Å². The monoisotopic (exact) mass is 284 g/mol. The van der Waals surface area contributed by atoms with Gasteiger partial charge in [0.2, 0.25) is 0 Å². The van der Waals surface area contributed by atoms with E-state index in [1.165, 1.54) is 0 Å². The number of halogens is 1. The Morgan fingerprint density at radius 1 is 1.32 bits per heavy atom. The molecule has 3 nitrogen and oxygen atoms in total. The summed E-state index contributed by atoms with van der Waals surface area (Å²) < 4.78 is 5.18. The summed E-state index contributed by atoms with van der Waals surface area (Å²) in [7, 11) is 3.73. The third-order valence-electron chi connectivity index (χ3n) is 3.88. The van der Waals surface area contributed by atoms with Crippen LogP contribution in [0.15, 0.2) is 18.2 Å². The summed E-state index contributed by atoms with van der Waals surface area (Å²) in [6, 6.07) is 6.50. The second-order valence-electron chi connectivity index (χ2n) is 5.30. The molecule has 0 saturated heterocycles. The normalized spacial score (nSPS) is 14.8. The van der Waals surface area contributed by atoms with Crippen molar-refractivity contribution >= 4 is 11.6 Å².